The number of anilines is 1. The summed E-state index contributed by atoms with van der Waals surface area (Å²) in [7, 11) is 1.58. The Morgan fingerprint density at radius 3 is 2.52 bits per heavy atom. The molecule has 0 aliphatic carbocycles. The summed E-state index contributed by atoms with van der Waals surface area (Å²) >= 11 is 1.33. The summed E-state index contributed by atoms with van der Waals surface area (Å²) in [5, 5.41) is 14.5. The molecule has 3 rings (SSSR count). The first-order chi connectivity index (χ1) is 14.0. The van der Waals surface area contributed by atoms with Crippen LogP contribution in [0.2, 0.25) is 0 Å². The molecular weight excluding hydrogens is 386 g/mol. The zero-order chi connectivity index (χ0) is 20.8. The number of nitrogens with zero attached hydrogens (tertiary/aromatic N) is 3. The number of carbonyl (C=O) groups excluding carboxylic acids is 2. The minimum atomic E-state index is -0.183. The van der Waals surface area contributed by atoms with Crippen LogP contribution in [0.4, 0.5) is 5.69 Å². The van der Waals surface area contributed by atoms with Crippen LogP contribution in [0.3, 0.4) is 0 Å². The quantitative estimate of drug-likeness (QED) is 0.586. The molecule has 2 aromatic carbocycles. The van der Waals surface area contributed by atoms with Crippen molar-refractivity contribution in [2.45, 2.75) is 25.5 Å². The van der Waals surface area contributed by atoms with E-state index >= 15 is 0 Å². The first-order valence-electron chi connectivity index (χ1n) is 9.17. The van der Waals surface area contributed by atoms with E-state index in [2.05, 4.69) is 20.8 Å². The lowest BCUT2D eigenvalue weighted by molar-refractivity contribution is -0.113. The normalized spacial score (nSPS) is 10.6. The van der Waals surface area contributed by atoms with Crippen molar-refractivity contribution in [3.63, 3.8) is 0 Å². The van der Waals surface area contributed by atoms with Crippen molar-refractivity contribution < 1.29 is 9.59 Å². The lowest BCUT2D eigenvalue weighted by Crippen LogP contribution is -2.21. The number of amides is 2. The second-order valence-corrected chi connectivity index (χ2v) is 7.44. The number of benzene rings is 2. The van der Waals surface area contributed by atoms with E-state index in [0.29, 0.717) is 23.0 Å². The Hall–Kier alpha value is -3.13. The molecule has 0 saturated heterocycles. The van der Waals surface area contributed by atoms with E-state index < -0.39 is 0 Å². The van der Waals surface area contributed by atoms with E-state index in [1.54, 1.807) is 25.2 Å². The van der Waals surface area contributed by atoms with E-state index in [9.17, 15) is 9.59 Å². The number of aryl methyl sites for hydroxylation is 1. The van der Waals surface area contributed by atoms with Crippen LogP contribution in [0.5, 0.6) is 0 Å². The van der Waals surface area contributed by atoms with Crippen molar-refractivity contribution >= 4 is 29.3 Å². The minimum absolute atomic E-state index is 0.168. The van der Waals surface area contributed by atoms with Gasteiger partial charge in [0.2, 0.25) is 5.91 Å². The van der Waals surface area contributed by atoms with E-state index in [1.165, 1.54) is 11.8 Å². The number of aromatic nitrogens is 3. The fourth-order valence-corrected chi connectivity index (χ4v) is 3.67. The molecule has 0 saturated carbocycles. The first-order valence-corrected chi connectivity index (χ1v) is 10.2. The molecule has 8 heteroatoms. The first kappa shape index (κ1) is 20.6. The van der Waals surface area contributed by atoms with E-state index in [4.69, 9.17) is 0 Å². The highest BCUT2D eigenvalue weighted by atomic mass is 32.2. The summed E-state index contributed by atoms with van der Waals surface area (Å²) in [5.74, 6) is 0.638. The molecule has 0 aliphatic heterocycles. The predicted octanol–water partition coefficient (Wildman–Crippen LogP) is 3.03. The third kappa shape index (κ3) is 5.03. The van der Waals surface area contributed by atoms with Gasteiger partial charge in [0, 0.05) is 18.3 Å². The molecule has 2 N–H and O–H groups in total. The summed E-state index contributed by atoms with van der Waals surface area (Å²) < 4.78 is 1.99. The minimum Gasteiger partial charge on any atom is -0.355 e. The molecule has 3 aromatic rings. The van der Waals surface area contributed by atoms with Gasteiger partial charge in [-0.3, -0.25) is 9.59 Å². The van der Waals surface area contributed by atoms with Crippen molar-refractivity contribution in [1.29, 1.82) is 0 Å². The van der Waals surface area contributed by atoms with E-state index in [1.807, 2.05) is 48.7 Å². The van der Waals surface area contributed by atoms with Gasteiger partial charge in [-0.25, -0.2) is 0 Å². The van der Waals surface area contributed by atoms with Crippen molar-refractivity contribution in [3.8, 4) is 0 Å². The maximum absolute atomic E-state index is 12.5. The summed E-state index contributed by atoms with van der Waals surface area (Å²) in [5.41, 5.74) is 3.03. The molecule has 0 fully saturated rings. The molecule has 0 spiro atoms. The van der Waals surface area contributed by atoms with Gasteiger partial charge >= 0.3 is 0 Å². The number of thioether (sulfide) groups is 1. The number of nitrogens with one attached hydrogen (secondary N) is 2. The van der Waals surface area contributed by atoms with Gasteiger partial charge in [0.25, 0.3) is 5.91 Å². The Bertz CT molecular complexity index is 1020. The molecular formula is C21H23N5O2S. The highest BCUT2D eigenvalue weighted by molar-refractivity contribution is 7.99. The Kier molecular flexibility index (Phi) is 6.66. The zero-order valence-electron chi connectivity index (χ0n) is 16.6. The van der Waals surface area contributed by atoms with Crippen LogP contribution in [-0.2, 0) is 11.3 Å². The lowest BCUT2D eigenvalue weighted by Gasteiger charge is -2.12. The fraction of sp³-hybridized carbons (Fsp3) is 0.238. The number of hydrogen-bond acceptors (Lipinski definition) is 5. The average Bonchev–Trinajstić information content (AvgIpc) is 3.07. The van der Waals surface area contributed by atoms with Gasteiger partial charge in [0.1, 0.15) is 5.82 Å². The van der Waals surface area contributed by atoms with Crippen LogP contribution in [0.25, 0.3) is 0 Å². The number of hydrogen-bond donors (Lipinski definition) is 2. The number of carbonyl (C=O) groups is 2. The highest BCUT2D eigenvalue weighted by Gasteiger charge is 2.15. The summed E-state index contributed by atoms with van der Waals surface area (Å²) in [4.78, 5) is 24.4. The third-order valence-corrected chi connectivity index (χ3v) is 5.46. The Labute approximate surface area is 173 Å². The van der Waals surface area contributed by atoms with Crippen LogP contribution < -0.4 is 10.6 Å². The smallest absolute Gasteiger partial charge is 0.251 e. The van der Waals surface area contributed by atoms with Crippen molar-refractivity contribution in [1.82, 2.24) is 20.1 Å². The molecule has 0 atom stereocenters. The Balaban J connectivity index is 1.66. The van der Waals surface area contributed by atoms with Crippen LogP contribution >= 0.6 is 11.8 Å². The van der Waals surface area contributed by atoms with Gasteiger partial charge in [0.05, 0.1) is 12.3 Å². The molecule has 0 aliphatic rings. The predicted molar refractivity (Wildman–Crippen MR) is 114 cm³/mol. The van der Waals surface area contributed by atoms with Crippen LogP contribution in [0.15, 0.2) is 53.7 Å². The lowest BCUT2D eigenvalue weighted by atomic mass is 10.1. The summed E-state index contributed by atoms with van der Waals surface area (Å²) in [6.07, 6.45) is 0. The maximum Gasteiger partial charge on any atom is 0.251 e. The monoisotopic (exact) mass is 409 g/mol. The molecule has 0 radical (unpaired) electrons. The summed E-state index contributed by atoms with van der Waals surface area (Å²) in [6, 6.07) is 15.3. The molecule has 0 bridgehead atoms. The topological polar surface area (TPSA) is 88.9 Å². The maximum atomic E-state index is 12.5. The average molecular weight is 410 g/mol. The molecule has 1 aromatic heterocycles. The van der Waals surface area contributed by atoms with Crippen molar-refractivity contribution in [3.05, 3.63) is 71.0 Å². The SMILES string of the molecule is CNC(=O)c1cccc(NC(=O)CSc2nnc(C)n2Cc2ccccc2)c1C. The molecule has 150 valence electrons. The Morgan fingerprint density at radius 2 is 1.79 bits per heavy atom. The van der Waals surface area contributed by atoms with Crippen LogP contribution in [-0.4, -0.2) is 39.4 Å². The highest BCUT2D eigenvalue weighted by Crippen LogP contribution is 2.21. The molecule has 1 heterocycles. The van der Waals surface area contributed by atoms with Crippen LogP contribution in [0, 0.1) is 13.8 Å². The van der Waals surface area contributed by atoms with E-state index in [0.717, 1.165) is 17.0 Å². The van der Waals surface area contributed by atoms with Crippen LogP contribution in [0.1, 0.15) is 27.3 Å². The standard InChI is InChI=1S/C21H23N5O2S/c1-14-17(20(28)22-3)10-7-11-18(14)23-19(27)13-29-21-25-24-15(2)26(21)12-16-8-5-4-6-9-16/h4-11H,12-13H2,1-3H3,(H,22,28)(H,23,27). The largest absolute Gasteiger partial charge is 0.355 e. The molecule has 29 heavy (non-hydrogen) atoms. The Morgan fingerprint density at radius 1 is 1.03 bits per heavy atom. The van der Waals surface area contributed by atoms with Gasteiger partial charge in [-0.2, -0.15) is 0 Å². The fourth-order valence-electron chi connectivity index (χ4n) is 2.88. The molecule has 2 amide bonds. The van der Waals surface area contributed by atoms with Gasteiger partial charge in [0.15, 0.2) is 5.16 Å². The van der Waals surface area contributed by atoms with Gasteiger partial charge in [-0.1, -0.05) is 48.2 Å². The molecule has 0 unspecified atom stereocenters. The molecule has 7 nitrogen and oxygen atoms in total. The second kappa shape index (κ2) is 9.38. The number of rotatable bonds is 7. The van der Waals surface area contributed by atoms with Crippen molar-refractivity contribution in [2.24, 2.45) is 0 Å². The van der Waals surface area contributed by atoms with Gasteiger partial charge in [-0.05, 0) is 37.1 Å². The van der Waals surface area contributed by atoms with Gasteiger partial charge in [-0.15, -0.1) is 10.2 Å². The van der Waals surface area contributed by atoms with Gasteiger partial charge < -0.3 is 15.2 Å². The second-order valence-electron chi connectivity index (χ2n) is 6.50. The van der Waals surface area contributed by atoms with E-state index in [-0.39, 0.29) is 17.6 Å². The van der Waals surface area contributed by atoms with Crippen molar-refractivity contribution in [2.75, 3.05) is 18.1 Å². The summed E-state index contributed by atoms with van der Waals surface area (Å²) in [6.45, 7) is 4.36. The zero-order valence-corrected chi connectivity index (χ0v) is 17.4. The third-order valence-electron chi connectivity index (χ3n) is 4.50.